The fraction of sp³-hybridized carbons (Fsp3) is 0.381. The van der Waals surface area contributed by atoms with Crippen LogP contribution in [-0.2, 0) is 0 Å². The predicted molar refractivity (Wildman–Crippen MR) is 104 cm³/mol. The van der Waals surface area contributed by atoms with Crippen LogP contribution in [0.1, 0.15) is 30.1 Å². The summed E-state index contributed by atoms with van der Waals surface area (Å²) < 4.78 is 0. The van der Waals surface area contributed by atoms with Gasteiger partial charge in [0, 0.05) is 29.1 Å². The zero-order valence-electron chi connectivity index (χ0n) is 14.9. The Labute approximate surface area is 158 Å². The van der Waals surface area contributed by atoms with Gasteiger partial charge in [-0.15, -0.1) is 0 Å². The molecule has 5 rings (SSSR count). The first-order valence-corrected chi connectivity index (χ1v) is 10.0. The molecule has 3 fully saturated rings. The number of aromatic hydroxyl groups is 1. The lowest BCUT2D eigenvalue weighted by Crippen LogP contribution is -2.60. The normalized spacial score (nSPS) is 27.3. The van der Waals surface area contributed by atoms with Crippen LogP contribution in [0.2, 0.25) is 0 Å². The van der Waals surface area contributed by atoms with Gasteiger partial charge in [0.1, 0.15) is 5.75 Å². The maximum Gasteiger partial charge on any atom is 0.251 e. The lowest BCUT2D eigenvalue weighted by Gasteiger charge is -2.48. The van der Waals surface area contributed by atoms with E-state index in [1.807, 2.05) is 42.5 Å². The minimum atomic E-state index is 0.00973. The fourth-order valence-electron chi connectivity index (χ4n) is 4.06. The molecular weight excluding hydrogens is 344 g/mol. The highest BCUT2D eigenvalue weighted by atomic mass is 32.2. The molecule has 136 valence electrons. The van der Waals surface area contributed by atoms with Crippen molar-refractivity contribution in [2.75, 3.05) is 13.1 Å². The number of phenolic OH excluding ortho intramolecular Hbond substituents is 1. The largest absolute Gasteiger partial charge is 0.507 e. The standard InChI is InChI=1S/C21H24N2O2S/c1-14-12-16-10-11-23(14)13-18(16)22-21(25)15-6-8-17(9-7-15)26-20-5-3-2-4-19(20)24/h2-9,14,16,18,24H,10-13H2,1H3,(H,22,25). The molecule has 3 aliphatic heterocycles. The molecule has 4 nitrogen and oxygen atoms in total. The Morgan fingerprint density at radius 1 is 1.19 bits per heavy atom. The van der Waals surface area contributed by atoms with Crippen molar-refractivity contribution in [2.45, 2.75) is 41.6 Å². The summed E-state index contributed by atoms with van der Waals surface area (Å²) in [6.07, 6.45) is 2.37. The van der Waals surface area contributed by atoms with E-state index in [1.54, 1.807) is 6.07 Å². The van der Waals surface area contributed by atoms with E-state index in [-0.39, 0.29) is 17.7 Å². The molecule has 3 heterocycles. The van der Waals surface area contributed by atoms with Crippen LogP contribution in [0.25, 0.3) is 0 Å². The van der Waals surface area contributed by atoms with Gasteiger partial charge in [0.05, 0.1) is 4.90 Å². The molecule has 4 atom stereocenters. The highest BCUT2D eigenvalue weighted by Crippen LogP contribution is 2.34. The van der Waals surface area contributed by atoms with Gasteiger partial charge in [-0.3, -0.25) is 9.69 Å². The lowest BCUT2D eigenvalue weighted by atomic mass is 9.80. The third kappa shape index (κ3) is 3.60. The number of nitrogens with zero attached hydrogens (tertiary/aromatic N) is 1. The summed E-state index contributed by atoms with van der Waals surface area (Å²) in [6.45, 7) is 4.42. The van der Waals surface area contributed by atoms with Crippen LogP contribution < -0.4 is 5.32 Å². The topological polar surface area (TPSA) is 52.6 Å². The summed E-state index contributed by atoms with van der Waals surface area (Å²) in [6, 6.07) is 15.8. The van der Waals surface area contributed by atoms with Crippen molar-refractivity contribution in [1.82, 2.24) is 10.2 Å². The van der Waals surface area contributed by atoms with E-state index in [1.165, 1.54) is 24.6 Å². The highest BCUT2D eigenvalue weighted by Gasteiger charge is 2.38. The van der Waals surface area contributed by atoms with Gasteiger partial charge in [0.2, 0.25) is 0 Å². The average molecular weight is 369 g/mol. The minimum absolute atomic E-state index is 0.00973. The van der Waals surface area contributed by atoms with Crippen LogP contribution in [-0.4, -0.2) is 41.1 Å². The number of carbonyl (C=O) groups is 1. The zero-order chi connectivity index (χ0) is 18.1. The first kappa shape index (κ1) is 17.4. The summed E-state index contributed by atoms with van der Waals surface area (Å²) in [5.41, 5.74) is 0.691. The number of fused-ring (bicyclic) bond motifs is 3. The van der Waals surface area contributed by atoms with Crippen molar-refractivity contribution in [3.63, 3.8) is 0 Å². The smallest absolute Gasteiger partial charge is 0.251 e. The van der Waals surface area contributed by atoms with Gasteiger partial charge in [-0.2, -0.15) is 0 Å². The number of nitrogens with one attached hydrogen (secondary N) is 1. The van der Waals surface area contributed by atoms with Gasteiger partial charge in [-0.1, -0.05) is 23.9 Å². The second kappa shape index (κ2) is 7.33. The van der Waals surface area contributed by atoms with Gasteiger partial charge in [0.25, 0.3) is 5.91 Å². The second-order valence-electron chi connectivity index (χ2n) is 7.30. The van der Waals surface area contributed by atoms with E-state index in [2.05, 4.69) is 17.1 Å². The number of amides is 1. The maximum absolute atomic E-state index is 12.6. The molecule has 3 aliphatic rings. The molecule has 0 aliphatic carbocycles. The van der Waals surface area contributed by atoms with E-state index < -0.39 is 0 Å². The molecule has 1 amide bonds. The van der Waals surface area contributed by atoms with Gasteiger partial charge in [-0.05, 0) is 68.6 Å². The molecule has 0 saturated carbocycles. The van der Waals surface area contributed by atoms with E-state index >= 15 is 0 Å². The molecule has 2 aromatic rings. The number of para-hydroxylation sites is 1. The number of benzene rings is 2. The van der Waals surface area contributed by atoms with Crippen molar-refractivity contribution >= 4 is 17.7 Å². The molecule has 5 heteroatoms. The van der Waals surface area contributed by atoms with Crippen LogP contribution in [0, 0.1) is 5.92 Å². The van der Waals surface area contributed by atoms with Crippen LogP contribution >= 0.6 is 11.8 Å². The molecule has 2 aromatic carbocycles. The Hall–Kier alpha value is -1.98. The van der Waals surface area contributed by atoms with Crippen molar-refractivity contribution in [3.05, 3.63) is 54.1 Å². The van der Waals surface area contributed by atoms with Crippen molar-refractivity contribution in [3.8, 4) is 5.75 Å². The summed E-state index contributed by atoms with van der Waals surface area (Å²) in [4.78, 5) is 16.9. The molecule has 0 spiro atoms. The third-order valence-electron chi connectivity index (χ3n) is 5.58. The second-order valence-corrected chi connectivity index (χ2v) is 8.42. The molecule has 4 unspecified atom stereocenters. The zero-order valence-corrected chi connectivity index (χ0v) is 15.7. The van der Waals surface area contributed by atoms with Gasteiger partial charge in [0.15, 0.2) is 0 Å². The Balaban J connectivity index is 1.39. The number of carbonyl (C=O) groups excluding carboxylic acids is 1. The first-order chi connectivity index (χ1) is 12.6. The molecule has 0 radical (unpaired) electrons. The van der Waals surface area contributed by atoms with Gasteiger partial charge in [-0.25, -0.2) is 0 Å². The van der Waals surface area contributed by atoms with Crippen molar-refractivity contribution in [1.29, 1.82) is 0 Å². The van der Waals surface area contributed by atoms with Gasteiger partial charge >= 0.3 is 0 Å². The van der Waals surface area contributed by atoms with Crippen LogP contribution in [0.4, 0.5) is 0 Å². The summed E-state index contributed by atoms with van der Waals surface area (Å²) in [5, 5.41) is 13.1. The average Bonchev–Trinajstić information content (AvgIpc) is 2.65. The Kier molecular flexibility index (Phi) is 4.92. The van der Waals surface area contributed by atoms with Crippen LogP contribution in [0.15, 0.2) is 58.3 Å². The number of phenols is 1. The maximum atomic E-state index is 12.6. The van der Waals surface area contributed by atoms with Crippen molar-refractivity contribution in [2.24, 2.45) is 5.92 Å². The number of rotatable bonds is 4. The quantitative estimate of drug-likeness (QED) is 0.863. The summed E-state index contributed by atoms with van der Waals surface area (Å²) in [5.74, 6) is 0.890. The lowest BCUT2D eigenvalue weighted by molar-refractivity contribution is 0.0274. The Morgan fingerprint density at radius 3 is 2.62 bits per heavy atom. The Bertz CT molecular complexity index is 793. The molecule has 0 aromatic heterocycles. The fourth-order valence-corrected chi connectivity index (χ4v) is 4.90. The highest BCUT2D eigenvalue weighted by molar-refractivity contribution is 7.99. The minimum Gasteiger partial charge on any atom is -0.507 e. The van der Waals surface area contributed by atoms with E-state index in [9.17, 15) is 9.90 Å². The number of hydrogen-bond donors (Lipinski definition) is 2. The van der Waals surface area contributed by atoms with Crippen molar-refractivity contribution < 1.29 is 9.90 Å². The van der Waals surface area contributed by atoms with E-state index in [0.717, 1.165) is 22.9 Å². The number of hydrogen-bond acceptors (Lipinski definition) is 4. The third-order valence-corrected chi connectivity index (χ3v) is 6.65. The summed E-state index contributed by atoms with van der Waals surface area (Å²) >= 11 is 1.49. The molecule has 3 saturated heterocycles. The SMILES string of the molecule is CC1CC2CCN1CC2NC(=O)c1ccc(Sc2ccccc2O)cc1. The van der Waals surface area contributed by atoms with Crippen LogP contribution in [0.5, 0.6) is 5.75 Å². The first-order valence-electron chi connectivity index (χ1n) is 9.21. The molecular formula is C21H24N2O2S. The molecule has 26 heavy (non-hydrogen) atoms. The summed E-state index contributed by atoms with van der Waals surface area (Å²) in [7, 11) is 0. The monoisotopic (exact) mass is 368 g/mol. The molecule has 2 bridgehead atoms. The van der Waals surface area contributed by atoms with Crippen LogP contribution in [0.3, 0.4) is 0 Å². The van der Waals surface area contributed by atoms with E-state index in [4.69, 9.17) is 0 Å². The van der Waals surface area contributed by atoms with E-state index in [0.29, 0.717) is 17.5 Å². The molecule has 2 N–H and O–H groups in total. The Morgan fingerprint density at radius 2 is 1.96 bits per heavy atom. The number of piperidine rings is 3. The van der Waals surface area contributed by atoms with Gasteiger partial charge < -0.3 is 10.4 Å². The predicted octanol–water partition coefficient (Wildman–Crippen LogP) is 3.76.